The maximum absolute atomic E-state index is 13.3. The Hall–Kier alpha value is -0.700. The van der Waals surface area contributed by atoms with Crippen LogP contribution in [0.3, 0.4) is 0 Å². The second kappa shape index (κ2) is 4.51. The molecule has 0 saturated carbocycles. The largest absolute Gasteiger partial charge is 0.303 e. The van der Waals surface area contributed by atoms with Gasteiger partial charge in [-0.25, -0.2) is 4.39 Å². The summed E-state index contributed by atoms with van der Waals surface area (Å²) in [5.41, 5.74) is 0.578. The van der Waals surface area contributed by atoms with Gasteiger partial charge in [-0.3, -0.25) is 0 Å². The number of hydrogen-bond acceptors (Lipinski definition) is 1. The van der Waals surface area contributed by atoms with Crippen LogP contribution in [0.4, 0.5) is 4.39 Å². The molecule has 1 nitrogen and oxygen atoms in total. The molecule has 0 fully saturated rings. The molecular formula is C10H10BrFO. The highest BCUT2D eigenvalue weighted by Crippen LogP contribution is 2.28. The molecule has 0 aliphatic heterocycles. The summed E-state index contributed by atoms with van der Waals surface area (Å²) < 4.78 is 14.0. The maximum Gasteiger partial charge on any atom is 0.127 e. The van der Waals surface area contributed by atoms with Crippen molar-refractivity contribution in [3.63, 3.8) is 0 Å². The smallest absolute Gasteiger partial charge is 0.127 e. The first-order valence-electron chi connectivity index (χ1n) is 4.04. The van der Waals surface area contributed by atoms with E-state index >= 15 is 0 Å². The van der Waals surface area contributed by atoms with Crippen LogP contribution in [0.25, 0.3) is 0 Å². The quantitative estimate of drug-likeness (QED) is 0.747. The van der Waals surface area contributed by atoms with E-state index in [9.17, 15) is 9.18 Å². The van der Waals surface area contributed by atoms with Crippen molar-refractivity contribution in [3.05, 3.63) is 34.1 Å². The van der Waals surface area contributed by atoms with Crippen LogP contribution >= 0.6 is 15.9 Å². The summed E-state index contributed by atoms with van der Waals surface area (Å²) in [4.78, 5) is 10.3. The molecule has 0 spiro atoms. The molecule has 13 heavy (non-hydrogen) atoms. The van der Waals surface area contributed by atoms with Crippen molar-refractivity contribution in [3.8, 4) is 0 Å². The first-order valence-corrected chi connectivity index (χ1v) is 4.83. The van der Waals surface area contributed by atoms with Crippen molar-refractivity contribution in [1.82, 2.24) is 0 Å². The Balaban J connectivity index is 3.04. The van der Waals surface area contributed by atoms with Gasteiger partial charge in [-0.1, -0.05) is 28.9 Å². The molecule has 0 saturated heterocycles. The lowest BCUT2D eigenvalue weighted by Crippen LogP contribution is -1.99. The fraction of sp³-hybridized carbons (Fsp3) is 0.300. The number of rotatable bonds is 3. The molecule has 1 unspecified atom stereocenters. The van der Waals surface area contributed by atoms with Gasteiger partial charge < -0.3 is 4.79 Å². The molecule has 1 rings (SSSR count). The topological polar surface area (TPSA) is 17.1 Å². The highest BCUT2D eigenvalue weighted by Gasteiger charge is 2.13. The predicted molar refractivity (Wildman–Crippen MR) is 53.2 cm³/mol. The lowest BCUT2D eigenvalue weighted by Gasteiger charge is -2.11. The first kappa shape index (κ1) is 10.4. The third-order valence-corrected chi connectivity index (χ3v) is 2.63. The van der Waals surface area contributed by atoms with Crippen molar-refractivity contribution in [2.75, 3.05) is 0 Å². The van der Waals surface area contributed by atoms with E-state index in [1.54, 1.807) is 12.1 Å². The maximum atomic E-state index is 13.3. The van der Waals surface area contributed by atoms with Gasteiger partial charge in [0.05, 0.1) is 0 Å². The van der Waals surface area contributed by atoms with Crippen molar-refractivity contribution >= 4 is 22.2 Å². The molecular weight excluding hydrogens is 235 g/mol. The Morgan fingerprint density at radius 1 is 1.62 bits per heavy atom. The molecule has 70 valence electrons. The van der Waals surface area contributed by atoms with Gasteiger partial charge in [0, 0.05) is 16.5 Å². The van der Waals surface area contributed by atoms with Gasteiger partial charge in [0.2, 0.25) is 0 Å². The highest BCUT2D eigenvalue weighted by molar-refractivity contribution is 9.10. The van der Waals surface area contributed by atoms with Crippen LogP contribution in [0.2, 0.25) is 0 Å². The third kappa shape index (κ3) is 2.37. The molecule has 0 aliphatic carbocycles. The van der Waals surface area contributed by atoms with Gasteiger partial charge in [0.25, 0.3) is 0 Å². The van der Waals surface area contributed by atoms with E-state index in [2.05, 4.69) is 15.9 Å². The summed E-state index contributed by atoms with van der Waals surface area (Å²) in [6, 6.07) is 4.82. The summed E-state index contributed by atoms with van der Waals surface area (Å²) in [6.45, 7) is 1.83. The molecule has 3 heteroatoms. The Morgan fingerprint density at radius 2 is 2.31 bits per heavy atom. The van der Waals surface area contributed by atoms with E-state index < -0.39 is 0 Å². The number of hydrogen-bond donors (Lipinski definition) is 0. The number of carbonyl (C=O) groups is 1. The van der Waals surface area contributed by atoms with Crippen molar-refractivity contribution in [2.24, 2.45) is 0 Å². The Kier molecular flexibility index (Phi) is 3.60. The van der Waals surface area contributed by atoms with Gasteiger partial charge in [-0.2, -0.15) is 0 Å². The average molecular weight is 245 g/mol. The number of aldehydes is 1. The normalized spacial score (nSPS) is 12.5. The fourth-order valence-corrected chi connectivity index (χ4v) is 1.98. The minimum atomic E-state index is -0.260. The lowest BCUT2D eigenvalue weighted by molar-refractivity contribution is -0.108. The zero-order chi connectivity index (χ0) is 9.84. The van der Waals surface area contributed by atoms with Crippen LogP contribution in [0.15, 0.2) is 22.7 Å². The number of benzene rings is 1. The Labute approximate surface area is 85.1 Å². The van der Waals surface area contributed by atoms with Crippen LogP contribution in [-0.2, 0) is 4.79 Å². The van der Waals surface area contributed by atoms with E-state index in [0.29, 0.717) is 12.0 Å². The van der Waals surface area contributed by atoms with Gasteiger partial charge in [-0.15, -0.1) is 0 Å². The molecule has 0 bridgehead atoms. The van der Waals surface area contributed by atoms with E-state index in [0.717, 1.165) is 10.8 Å². The zero-order valence-corrected chi connectivity index (χ0v) is 8.84. The predicted octanol–water partition coefficient (Wildman–Crippen LogP) is 3.28. The van der Waals surface area contributed by atoms with Crippen LogP contribution in [-0.4, -0.2) is 6.29 Å². The number of halogens is 2. The molecule has 0 heterocycles. The second-order valence-corrected chi connectivity index (χ2v) is 3.79. The molecule has 0 aromatic heterocycles. The van der Waals surface area contributed by atoms with Crippen LogP contribution < -0.4 is 0 Å². The van der Waals surface area contributed by atoms with Crippen LogP contribution in [0, 0.1) is 5.82 Å². The van der Waals surface area contributed by atoms with Gasteiger partial charge in [-0.05, 0) is 18.1 Å². The monoisotopic (exact) mass is 244 g/mol. The summed E-state index contributed by atoms with van der Waals surface area (Å²) >= 11 is 3.26. The molecule has 1 atom stereocenters. The fourth-order valence-electron chi connectivity index (χ4n) is 1.24. The van der Waals surface area contributed by atoms with E-state index in [1.165, 1.54) is 6.07 Å². The summed E-state index contributed by atoms with van der Waals surface area (Å²) in [5.74, 6) is -0.336. The van der Waals surface area contributed by atoms with E-state index in [1.807, 2.05) is 6.92 Å². The van der Waals surface area contributed by atoms with E-state index in [4.69, 9.17) is 0 Å². The number of carbonyl (C=O) groups excluding carboxylic acids is 1. The minimum absolute atomic E-state index is 0.0759. The van der Waals surface area contributed by atoms with Crippen molar-refractivity contribution in [2.45, 2.75) is 19.3 Å². The molecule has 1 aromatic rings. The Bertz CT molecular complexity index is 292. The highest BCUT2D eigenvalue weighted by atomic mass is 79.9. The molecule has 0 N–H and O–H groups in total. The lowest BCUT2D eigenvalue weighted by atomic mass is 9.98. The van der Waals surface area contributed by atoms with Gasteiger partial charge in [0.15, 0.2) is 0 Å². The van der Waals surface area contributed by atoms with Crippen LogP contribution in [0.1, 0.15) is 24.8 Å². The molecule has 0 radical (unpaired) electrons. The Morgan fingerprint density at radius 3 is 2.85 bits per heavy atom. The van der Waals surface area contributed by atoms with E-state index in [-0.39, 0.29) is 11.7 Å². The van der Waals surface area contributed by atoms with Gasteiger partial charge >= 0.3 is 0 Å². The second-order valence-electron chi connectivity index (χ2n) is 2.94. The summed E-state index contributed by atoms with van der Waals surface area (Å²) in [5, 5.41) is 0. The van der Waals surface area contributed by atoms with Gasteiger partial charge in [0.1, 0.15) is 12.1 Å². The summed E-state index contributed by atoms with van der Waals surface area (Å²) in [6.07, 6.45) is 1.16. The van der Waals surface area contributed by atoms with Crippen LogP contribution in [0.5, 0.6) is 0 Å². The summed E-state index contributed by atoms with van der Waals surface area (Å²) in [7, 11) is 0. The van der Waals surface area contributed by atoms with Crippen molar-refractivity contribution < 1.29 is 9.18 Å². The first-order chi connectivity index (χ1) is 6.16. The minimum Gasteiger partial charge on any atom is -0.303 e. The zero-order valence-electron chi connectivity index (χ0n) is 7.26. The molecule has 0 aliphatic rings. The third-order valence-electron chi connectivity index (χ3n) is 1.94. The SMILES string of the molecule is CC(CC=O)c1c(F)cccc1Br. The average Bonchev–Trinajstić information content (AvgIpc) is 2.04. The van der Waals surface area contributed by atoms with Crippen molar-refractivity contribution in [1.29, 1.82) is 0 Å². The molecule has 1 aromatic carbocycles. The standard InChI is InChI=1S/C10H10BrFO/c1-7(5-6-13)10-8(11)3-2-4-9(10)12/h2-4,6-7H,5H2,1H3. The molecule has 0 amide bonds.